The summed E-state index contributed by atoms with van der Waals surface area (Å²) in [6, 6.07) is 5.15. The maximum absolute atomic E-state index is 6.09. The van der Waals surface area contributed by atoms with Crippen LogP contribution in [0.15, 0.2) is 22.7 Å². The van der Waals surface area contributed by atoms with Crippen LogP contribution in [0.3, 0.4) is 0 Å². The van der Waals surface area contributed by atoms with Crippen molar-refractivity contribution in [1.82, 2.24) is 9.97 Å². The van der Waals surface area contributed by atoms with E-state index < -0.39 is 0 Å². The van der Waals surface area contributed by atoms with Gasteiger partial charge in [0.15, 0.2) is 5.82 Å². The van der Waals surface area contributed by atoms with Crippen molar-refractivity contribution in [2.45, 2.75) is 6.92 Å². The molecule has 0 bridgehead atoms. The predicted molar refractivity (Wildman–Crippen MR) is 74.9 cm³/mol. The summed E-state index contributed by atoms with van der Waals surface area (Å²) in [5.74, 6) is 0.484. The fourth-order valence-electron chi connectivity index (χ4n) is 1.32. The van der Waals surface area contributed by atoms with Crippen molar-refractivity contribution in [1.29, 1.82) is 0 Å². The SMILES string of the molecule is Cc1nc(-c2ccc(Cl)cc2Cl)nc(Cl)c1Br. The predicted octanol–water partition coefficient (Wildman–Crippen LogP) is 5.17. The minimum atomic E-state index is 0.360. The van der Waals surface area contributed by atoms with Gasteiger partial charge in [0.2, 0.25) is 0 Å². The van der Waals surface area contributed by atoms with Gasteiger partial charge >= 0.3 is 0 Å². The molecule has 2 aromatic rings. The van der Waals surface area contributed by atoms with Gasteiger partial charge in [-0.05, 0) is 41.1 Å². The molecule has 0 aliphatic heterocycles. The van der Waals surface area contributed by atoms with Crippen LogP contribution >= 0.6 is 50.7 Å². The number of hydrogen-bond acceptors (Lipinski definition) is 2. The van der Waals surface area contributed by atoms with Crippen LogP contribution in [0.25, 0.3) is 11.4 Å². The van der Waals surface area contributed by atoms with Crippen LogP contribution in [0, 0.1) is 6.92 Å². The molecule has 88 valence electrons. The van der Waals surface area contributed by atoms with Gasteiger partial charge in [0.1, 0.15) is 5.15 Å². The average Bonchev–Trinajstić information content (AvgIpc) is 2.25. The van der Waals surface area contributed by atoms with E-state index in [-0.39, 0.29) is 0 Å². The van der Waals surface area contributed by atoms with E-state index in [1.807, 2.05) is 6.92 Å². The van der Waals surface area contributed by atoms with Crippen LogP contribution in [-0.4, -0.2) is 9.97 Å². The zero-order valence-electron chi connectivity index (χ0n) is 8.64. The average molecular weight is 352 g/mol. The van der Waals surface area contributed by atoms with Crippen molar-refractivity contribution in [2.24, 2.45) is 0 Å². The lowest BCUT2D eigenvalue weighted by atomic mass is 10.2. The molecule has 0 atom stereocenters. The van der Waals surface area contributed by atoms with Crippen LogP contribution in [-0.2, 0) is 0 Å². The Morgan fingerprint density at radius 3 is 2.41 bits per heavy atom. The first-order valence-corrected chi connectivity index (χ1v) is 6.57. The van der Waals surface area contributed by atoms with Gasteiger partial charge in [-0.25, -0.2) is 9.97 Å². The van der Waals surface area contributed by atoms with Crippen molar-refractivity contribution in [3.8, 4) is 11.4 Å². The van der Waals surface area contributed by atoms with Gasteiger partial charge in [0.05, 0.1) is 15.2 Å². The molecule has 0 saturated heterocycles. The van der Waals surface area contributed by atoms with Gasteiger partial charge in [-0.1, -0.05) is 34.8 Å². The zero-order chi connectivity index (χ0) is 12.6. The molecule has 0 unspecified atom stereocenters. The molecular formula is C11H6BrCl3N2. The van der Waals surface area contributed by atoms with Crippen LogP contribution in [0.4, 0.5) is 0 Å². The van der Waals surface area contributed by atoms with E-state index in [2.05, 4.69) is 25.9 Å². The molecule has 1 aromatic carbocycles. The Bertz CT molecular complexity index is 564. The summed E-state index contributed by atoms with van der Waals surface area (Å²) < 4.78 is 0.688. The fourth-order valence-corrected chi connectivity index (χ4v) is 2.20. The zero-order valence-corrected chi connectivity index (χ0v) is 12.5. The van der Waals surface area contributed by atoms with E-state index in [0.717, 1.165) is 5.69 Å². The maximum Gasteiger partial charge on any atom is 0.162 e. The first-order chi connectivity index (χ1) is 7.99. The number of rotatable bonds is 1. The number of nitrogens with zero attached hydrogens (tertiary/aromatic N) is 2. The van der Waals surface area contributed by atoms with E-state index in [4.69, 9.17) is 34.8 Å². The van der Waals surface area contributed by atoms with Gasteiger partial charge in [-0.3, -0.25) is 0 Å². The smallest absolute Gasteiger partial charge is 0.162 e. The van der Waals surface area contributed by atoms with Crippen molar-refractivity contribution in [3.05, 3.63) is 43.6 Å². The highest BCUT2D eigenvalue weighted by Crippen LogP contribution is 2.31. The van der Waals surface area contributed by atoms with Crippen molar-refractivity contribution >= 4 is 50.7 Å². The van der Waals surface area contributed by atoms with Crippen LogP contribution < -0.4 is 0 Å². The molecule has 0 amide bonds. The molecule has 0 spiro atoms. The maximum atomic E-state index is 6.09. The standard InChI is InChI=1S/C11H6BrCl3N2/c1-5-9(12)10(15)17-11(16-5)7-3-2-6(13)4-8(7)14/h2-4H,1H3. The van der Waals surface area contributed by atoms with Crippen LogP contribution in [0.2, 0.25) is 15.2 Å². The highest BCUT2D eigenvalue weighted by Gasteiger charge is 2.11. The molecule has 17 heavy (non-hydrogen) atoms. The lowest BCUT2D eigenvalue weighted by Crippen LogP contribution is -1.95. The van der Waals surface area contributed by atoms with Gasteiger partial charge in [-0.15, -0.1) is 0 Å². The molecule has 0 N–H and O–H groups in total. The third-order valence-electron chi connectivity index (χ3n) is 2.15. The summed E-state index contributed by atoms with van der Waals surface area (Å²) in [7, 11) is 0. The van der Waals surface area contributed by atoms with Gasteiger partial charge in [0, 0.05) is 10.6 Å². The molecule has 1 aromatic heterocycles. The van der Waals surface area contributed by atoms with Crippen molar-refractivity contribution in [3.63, 3.8) is 0 Å². The molecule has 0 fully saturated rings. The summed E-state index contributed by atoms with van der Waals surface area (Å²) in [6.45, 7) is 1.84. The topological polar surface area (TPSA) is 25.8 Å². The number of benzene rings is 1. The fraction of sp³-hybridized carbons (Fsp3) is 0.0909. The molecule has 0 radical (unpaired) electrons. The molecule has 0 aliphatic carbocycles. The molecule has 2 rings (SSSR count). The Morgan fingerprint density at radius 2 is 1.82 bits per heavy atom. The van der Waals surface area contributed by atoms with E-state index in [1.165, 1.54) is 0 Å². The van der Waals surface area contributed by atoms with E-state index in [0.29, 0.717) is 31.1 Å². The first kappa shape index (κ1) is 13.1. The molecule has 1 heterocycles. The Balaban J connectivity index is 2.61. The van der Waals surface area contributed by atoms with E-state index in [1.54, 1.807) is 18.2 Å². The third-order valence-corrected chi connectivity index (χ3v) is 4.15. The second-order valence-electron chi connectivity index (χ2n) is 3.36. The van der Waals surface area contributed by atoms with Crippen molar-refractivity contribution in [2.75, 3.05) is 0 Å². The Kier molecular flexibility index (Phi) is 3.93. The molecular weight excluding hydrogens is 346 g/mol. The highest BCUT2D eigenvalue weighted by atomic mass is 79.9. The summed E-state index contributed by atoms with van der Waals surface area (Å²) >= 11 is 21.2. The van der Waals surface area contributed by atoms with Gasteiger partial charge in [-0.2, -0.15) is 0 Å². The monoisotopic (exact) mass is 350 g/mol. The highest BCUT2D eigenvalue weighted by molar-refractivity contribution is 9.10. The second-order valence-corrected chi connectivity index (χ2v) is 5.36. The quantitative estimate of drug-likeness (QED) is 0.661. The second kappa shape index (κ2) is 5.11. The third kappa shape index (κ3) is 2.74. The molecule has 2 nitrogen and oxygen atoms in total. The van der Waals surface area contributed by atoms with E-state index >= 15 is 0 Å². The lowest BCUT2D eigenvalue weighted by molar-refractivity contribution is 1.09. The van der Waals surface area contributed by atoms with Crippen LogP contribution in [0.1, 0.15) is 5.69 Å². The molecule has 0 aliphatic rings. The van der Waals surface area contributed by atoms with Gasteiger partial charge < -0.3 is 0 Å². The first-order valence-electron chi connectivity index (χ1n) is 4.64. The summed E-state index contributed by atoms with van der Waals surface area (Å²) in [5, 5.41) is 1.42. The molecule has 6 heteroatoms. The Labute approximate surface area is 122 Å². The molecule has 0 saturated carbocycles. The minimum absolute atomic E-state index is 0.360. The number of aryl methyl sites for hydroxylation is 1. The number of aromatic nitrogens is 2. The van der Waals surface area contributed by atoms with E-state index in [9.17, 15) is 0 Å². The van der Waals surface area contributed by atoms with Crippen molar-refractivity contribution < 1.29 is 0 Å². The minimum Gasteiger partial charge on any atom is -0.232 e. The largest absolute Gasteiger partial charge is 0.232 e. The van der Waals surface area contributed by atoms with Gasteiger partial charge in [0.25, 0.3) is 0 Å². The number of halogens is 4. The summed E-state index contributed by atoms with van der Waals surface area (Å²) in [4.78, 5) is 8.50. The summed E-state index contributed by atoms with van der Waals surface area (Å²) in [6.07, 6.45) is 0. The Hall–Kier alpha value is -0.350. The summed E-state index contributed by atoms with van der Waals surface area (Å²) in [5.41, 5.74) is 1.46. The Morgan fingerprint density at radius 1 is 1.12 bits per heavy atom. The number of hydrogen-bond donors (Lipinski definition) is 0. The van der Waals surface area contributed by atoms with Crippen LogP contribution in [0.5, 0.6) is 0 Å². The normalized spacial score (nSPS) is 10.6. The lowest BCUT2D eigenvalue weighted by Gasteiger charge is -2.06.